The average molecular weight is 288 g/mol. The first-order valence-electron chi connectivity index (χ1n) is 6.84. The van der Waals surface area contributed by atoms with Gasteiger partial charge in [-0.3, -0.25) is 4.79 Å². The number of aliphatic carboxylic acids is 1. The Morgan fingerprint density at radius 2 is 2.33 bits per heavy atom. The first-order valence-corrected chi connectivity index (χ1v) is 6.84. The lowest BCUT2D eigenvalue weighted by atomic mass is 10.0. The van der Waals surface area contributed by atoms with E-state index in [-0.39, 0.29) is 18.3 Å². The van der Waals surface area contributed by atoms with Crippen LogP contribution in [0.3, 0.4) is 0 Å². The van der Waals surface area contributed by atoms with Gasteiger partial charge in [-0.05, 0) is 22.4 Å². The molecule has 0 saturated carbocycles. The number of aromatic nitrogens is 4. The molecule has 0 radical (unpaired) electrons. The zero-order valence-electron chi connectivity index (χ0n) is 11.6. The Morgan fingerprint density at radius 1 is 1.52 bits per heavy atom. The Kier molecular flexibility index (Phi) is 3.55. The van der Waals surface area contributed by atoms with E-state index in [9.17, 15) is 4.79 Å². The van der Waals surface area contributed by atoms with Gasteiger partial charge >= 0.3 is 5.97 Å². The molecule has 0 saturated heterocycles. The number of benzene rings is 1. The van der Waals surface area contributed by atoms with Crippen LogP contribution in [-0.4, -0.2) is 37.9 Å². The molecule has 1 aliphatic rings. The lowest BCUT2D eigenvalue weighted by molar-refractivity contribution is -0.138. The van der Waals surface area contributed by atoms with Crippen molar-refractivity contribution in [2.45, 2.75) is 25.8 Å². The van der Waals surface area contributed by atoms with E-state index in [1.165, 1.54) is 0 Å². The van der Waals surface area contributed by atoms with Gasteiger partial charge in [0.25, 0.3) is 0 Å². The van der Waals surface area contributed by atoms with Crippen LogP contribution in [0.4, 0.5) is 0 Å². The molecule has 0 amide bonds. The summed E-state index contributed by atoms with van der Waals surface area (Å²) in [5.41, 5.74) is 1.07. The third-order valence-electron chi connectivity index (χ3n) is 3.58. The van der Waals surface area contributed by atoms with Crippen molar-refractivity contribution in [3.8, 4) is 5.75 Å². The molecule has 110 valence electrons. The van der Waals surface area contributed by atoms with E-state index in [4.69, 9.17) is 9.84 Å². The van der Waals surface area contributed by atoms with Gasteiger partial charge in [0.05, 0.1) is 5.92 Å². The molecule has 0 bridgehead atoms. The van der Waals surface area contributed by atoms with Crippen molar-refractivity contribution in [3.63, 3.8) is 0 Å². The Bertz CT molecular complexity index is 655. The fraction of sp³-hybridized carbons (Fsp3) is 0.429. The van der Waals surface area contributed by atoms with Gasteiger partial charge in [-0.1, -0.05) is 25.1 Å². The van der Waals surface area contributed by atoms with Gasteiger partial charge in [0.2, 0.25) is 0 Å². The van der Waals surface area contributed by atoms with E-state index in [1.54, 1.807) is 4.68 Å². The van der Waals surface area contributed by atoms with Gasteiger partial charge in [-0.25, -0.2) is 4.68 Å². The van der Waals surface area contributed by atoms with Crippen LogP contribution in [-0.2, 0) is 11.3 Å². The fourth-order valence-corrected chi connectivity index (χ4v) is 2.63. The number of carboxylic acid groups (broad SMARTS) is 1. The summed E-state index contributed by atoms with van der Waals surface area (Å²) in [4.78, 5) is 10.8. The summed E-state index contributed by atoms with van der Waals surface area (Å²) in [5.74, 6) is 0.718. The molecule has 1 N–H and O–H groups in total. The van der Waals surface area contributed by atoms with E-state index in [2.05, 4.69) is 15.5 Å². The number of nitrogens with zero attached hydrogens (tertiary/aromatic N) is 4. The molecule has 0 spiro atoms. The third kappa shape index (κ3) is 2.72. The molecule has 21 heavy (non-hydrogen) atoms. The van der Waals surface area contributed by atoms with Crippen molar-refractivity contribution >= 4 is 5.97 Å². The molecule has 3 rings (SSSR count). The standard InChI is InChI=1S/C14H16N4O3/c1-9(6-13(19)20)7-18-14(15-16-17-18)11-8-21-12-5-3-2-4-10(11)12/h2-5,9,11H,6-8H2,1H3,(H,19,20). The number of carbonyl (C=O) groups is 1. The number of hydrogen-bond donors (Lipinski definition) is 1. The summed E-state index contributed by atoms with van der Waals surface area (Å²) >= 11 is 0. The maximum Gasteiger partial charge on any atom is 0.303 e. The van der Waals surface area contributed by atoms with E-state index in [1.807, 2.05) is 31.2 Å². The molecule has 2 heterocycles. The molecule has 7 heteroatoms. The maximum absolute atomic E-state index is 10.8. The normalized spacial score (nSPS) is 18.0. The first kappa shape index (κ1) is 13.5. The summed E-state index contributed by atoms with van der Waals surface area (Å²) in [5, 5.41) is 20.7. The zero-order valence-corrected chi connectivity index (χ0v) is 11.6. The minimum Gasteiger partial charge on any atom is -0.492 e. The summed E-state index contributed by atoms with van der Waals surface area (Å²) in [6.45, 7) is 2.86. The van der Waals surface area contributed by atoms with Crippen LogP contribution in [0.1, 0.15) is 30.7 Å². The second kappa shape index (κ2) is 5.51. The van der Waals surface area contributed by atoms with Crippen molar-refractivity contribution < 1.29 is 14.6 Å². The van der Waals surface area contributed by atoms with Crippen molar-refractivity contribution in [2.75, 3.05) is 6.61 Å². The van der Waals surface area contributed by atoms with Gasteiger partial charge in [0, 0.05) is 18.5 Å². The second-order valence-corrected chi connectivity index (χ2v) is 5.32. The summed E-state index contributed by atoms with van der Waals surface area (Å²) in [6, 6.07) is 7.82. The molecule has 2 atom stereocenters. The van der Waals surface area contributed by atoms with Crippen LogP contribution in [0, 0.1) is 5.92 Å². The maximum atomic E-state index is 10.8. The van der Waals surface area contributed by atoms with Crippen LogP contribution in [0.2, 0.25) is 0 Å². The number of carboxylic acids is 1. The monoisotopic (exact) mass is 288 g/mol. The van der Waals surface area contributed by atoms with Gasteiger partial charge in [-0.2, -0.15) is 0 Å². The van der Waals surface area contributed by atoms with Crippen molar-refractivity contribution in [1.29, 1.82) is 0 Å². The van der Waals surface area contributed by atoms with Crippen LogP contribution in [0.15, 0.2) is 24.3 Å². The average Bonchev–Trinajstić information content (AvgIpc) is 3.03. The molecule has 2 unspecified atom stereocenters. The summed E-state index contributed by atoms with van der Waals surface area (Å²) in [7, 11) is 0. The second-order valence-electron chi connectivity index (χ2n) is 5.32. The van der Waals surface area contributed by atoms with Gasteiger partial charge < -0.3 is 9.84 Å². The molecule has 2 aromatic rings. The lowest BCUT2D eigenvalue weighted by Gasteiger charge is -2.12. The SMILES string of the molecule is CC(CC(=O)O)Cn1nnnc1C1COc2ccccc21. The number of fused-ring (bicyclic) bond motifs is 1. The Morgan fingerprint density at radius 3 is 3.14 bits per heavy atom. The van der Waals surface area contributed by atoms with Gasteiger partial charge in [-0.15, -0.1) is 5.10 Å². The summed E-state index contributed by atoms with van der Waals surface area (Å²) in [6.07, 6.45) is 0.0943. The molecule has 0 aliphatic carbocycles. The van der Waals surface area contributed by atoms with Crippen LogP contribution >= 0.6 is 0 Å². The van der Waals surface area contributed by atoms with Crippen LogP contribution in [0.25, 0.3) is 0 Å². The van der Waals surface area contributed by atoms with Crippen molar-refractivity contribution in [2.24, 2.45) is 5.92 Å². The molecule has 1 aromatic carbocycles. The van der Waals surface area contributed by atoms with Gasteiger partial charge in [0.15, 0.2) is 5.82 Å². The zero-order chi connectivity index (χ0) is 14.8. The van der Waals surface area contributed by atoms with Crippen LogP contribution in [0.5, 0.6) is 5.75 Å². The van der Waals surface area contributed by atoms with E-state index in [0.717, 1.165) is 17.1 Å². The third-order valence-corrected chi connectivity index (χ3v) is 3.58. The quantitative estimate of drug-likeness (QED) is 0.892. The Labute approximate surface area is 121 Å². The molecule has 1 aliphatic heterocycles. The van der Waals surface area contributed by atoms with Crippen LogP contribution < -0.4 is 4.74 Å². The molecule has 7 nitrogen and oxygen atoms in total. The number of tetrazole rings is 1. The van der Waals surface area contributed by atoms with E-state index in [0.29, 0.717) is 13.2 Å². The molecule has 1 aromatic heterocycles. The van der Waals surface area contributed by atoms with Crippen molar-refractivity contribution in [1.82, 2.24) is 20.2 Å². The summed E-state index contributed by atoms with van der Waals surface area (Å²) < 4.78 is 7.34. The van der Waals surface area contributed by atoms with Crippen molar-refractivity contribution in [3.05, 3.63) is 35.7 Å². The molecule has 0 fully saturated rings. The Hall–Kier alpha value is -2.44. The predicted molar refractivity (Wildman–Crippen MR) is 73.0 cm³/mol. The minimum absolute atomic E-state index is 0.00627. The number of rotatable bonds is 5. The largest absolute Gasteiger partial charge is 0.492 e. The highest BCUT2D eigenvalue weighted by Crippen LogP contribution is 2.36. The number of para-hydroxylation sites is 1. The lowest BCUT2D eigenvalue weighted by Crippen LogP contribution is -2.18. The predicted octanol–water partition coefficient (Wildman–Crippen LogP) is 1.31. The molecular formula is C14H16N4O3. The Balaban J connectivity index is 1.82. The van der Waals surface area contributed by atoms with E-state index >= 15 is 0 Å². The fourth-order valence-electron chi connectivity index (χ4n) is 2.63. The van der Waals surface area contributed by atoms with E-state index < -0.39 is 5.97 Å². The minimum atomic E-state index is -0.813. The number of ether oxygens (including phenoxy) is 1. The highest BCUT2D eigenvalue weighted by Gasteiger charge is 2.30. The highest BCUT2D eigenvalue weighted by molar-refractivity contribution is 5.66. The topological polar surface area (TPSA) is 90.1 Å². The molecular weight excluding hydrogens is 272 g/mol. The number of hydrogen-bond acceptors (Lipinski definition) is 5. The highest BCUT2D eigenvalue weighted by atomic mass is 16.5. The first-order chi connectivity index (χ1) is 10.1. The van der Waals surface area contributed by atoms with Gasteiger partial charge in [0.1, 0.15) is 12.4 Å². The smallest absolute Gasteiger partial charge is 0.303 e.